The van der Waals surface area contributed by atoms with Crippen molar-refractivity contribution in [3.8, 4) is 11.1 Å². The number of hydrogen-bond donors (Lipinski definition) is 1. The van der Waals surface area contributed by atoms with Crippen LogP contribution in [0.2, 0.25) is 5.02 Å². The van der Waals surface area contributed by atoms with Crippen molar-refractivity contribution in [3.05, 3.63) is 94.5 Å². The Hall–Kier alpha value is -3.31. The third kappa shape index (κ3) is 4.72. The molecule has 0 radical (unpaired) electrons. The molecule has 0 saturated heterocycles. The molecule has 0 aliphatic heterocycles. The monoisotopic (exact) mass is 435 g/mol. The third-order valence-electron chi connectivity index (χ3n) is 5.48. The Morgan fingerprint density at radius 3 is 2.19 bits per heavy atom. The zero-order valence-electron chi connectivity index (χ0n) is 16.8. The van der Waals surface area contributed by atoms with Gasteiger partial charge >= 0.3 is 12.1 Å². The molecule has 1 aliphatic carbocycles. The van der Waals surface area contributed by atoms with Crippen LogP contribution in [-0.4, -0.2) is 41.8 Å². The first-order chi connectivity index (χ1) is 15.0. The summed E-state index contributed by atoms with van der Waals surface area (Å²) in [5, 5.41) is 9.84. The van der Waals surface area contributed by atoms with E-state index in [4.69, 9.17) is 16.3 Å². The van der Waals surface area contributed by atoms with Crippen LogP contribution in [0.25, 0.3) is 11.1 Å². The Bertz CT molecular complexity index is 1070. The molecular weight excluding hydrogens is 414 g/mol. The predicted molar refractivity (Wildman–Crippen MR) is 119 cm³/mol. The number of carboxylic acids is 1. The van der Waals surface area contributed by atoms with Crippen molar-refractivity contribution in [1.82, 2.24) is 4.90 Å². The summed E-state index contributed by atoms with van der Waals surface area (Å²) in [5.41, 5.74) is 5.43. The summed E-state index contributed by atoms with van der Waals surface area (Å²) in [6.45, 7) is -0.0410. The number of aliphatic carboxylic acids is 1. The molecule has 158 valence electrons. The molecule has 0 unspecified atom stereocenters. The van der Waals surface area contributed by atoms with E-state index in [0.29, 0.717) is 11.4 Å². The van der Waals surface area contributed by atoms with Crippen LogP contribution in [0.15, 0.2) is 72.8 Å². The first kappa shape index (κ1) is 20.9. The van der Waals surface area contributed by atoms with Gasteiger partial charge in [0.1, 0.15) is 13.2 Å². The summed E-state index contributed by atoms with van der Waals surface area (Å²) >= 11 is 6.01. The van der Waals surface area contributed by atoms with Gasteiger partial charge in [-0.2, -0.15) is 0 Å². The summed E-state index contributed by atoms with van der Waals surface area (Å²) in [7, 11) is 0. The second-order valence-corrected chi connectivity index (χ2v) is 7.94. The van der Waals surface area contributed by atoms with Crippen molar-refractivity contribution in [1.29, 1.82) is 0 Å². The number of hydrogen-bond acceptors (Lipinski definition) is 3. The van der Waals surface area contributed by atoms with Gasteiger partial charge in [0.05, 0.1) is 0 Å². The number of amides is 1. The zero-order chi connectivity index (χ0) is 21.8. The number of carbonyl (C=O) groups excluding carboxylic acids is 1. The van der Waals surface area contributed by atoms with E-state index in [0.717, 1.165) is 27.8 Å². The highest BCUT2D eigenvalue weighted by Crippen LogP contribution is 2.44. The molecule has 0 fully saturated rings. The number of ether oxygens (including phenoxy) is 1. The number of benzene rings is 3. The van der Waals surface area contributed by atoms with Crippen LogP contribution in [0.4, 0.5) is 4.79 Å². The summed E-state index contributed by atoms with van der Waals surface area (Å²) in [6.07, 6.45) is -0.149. The predicted octanol–water partition coefficient (Wildman–Crippen LogP) is 5.22. The first-order valence-electron chi connectivity index (χ1n) is 10.1. The maximum Gasteiger partial charge on any atom is 0.410 e. The van der Waals surface area contributed by atoms with E-state index in [2.05, 4.69) is 12.1 Å². The van der Waals surface area contributed by atoms with Crippen LogP contribution in [0.5, 0.6) is 0 Å². The van der Waals surface area contributed by atoms with Crippen LogP contribution in [0, 0.1) is 0 Å². The smallest absolute Gasteiger partial charge is 0.410 e. The fourth-order valence-corrected chi connectivity index (χ4v) is 4.25. The number of rotatable bonds is 7. The highest BCUT2D eigenvalue weighted by atomic mass is 35.5. The normalized spacial score (nSPS) is 12.2. The Morgan fingerprint density at radius 1 is 0.935 bits per heavy atom. The van der Waals surface area contributed by atoms with E-state index >= 15 is 0 Å². The molecule has 3 aromatic carbocycles. The van der Waals surface area contributed by atoms with Gasteiger partial charge < -0.3 is 9.84 Å². The number of fused-ring (bicyclic) bond motifs is 3. The highest BCUT2D eigenvalue weighted by Gasteiger charge is 2.30. The maximum atomic E-state index is 12.8. The summed E-state index contributed by atoms with van der Waals surface area (Å²) < 4.78 is 5.61. The van der Waals surface area contributed by atoms with Gasteiger partial charge in [0.2, 0.25) is 0 Å². The van der Waals surface area contributed by atoms with E-state index in [1.807, 2.05) is 48.5 Å². The highest BCUT2D eigenvalue weighted by molar-refractivity contribution is 6.30. The van der Waals surface area contributed by atoms with Gasteiger partial charge in [-0.3, -0.25) is 9.69 Å². The Balaban J connectivity index is 1.46. The average Bonchev–Trinajstić information content (AvgIpc) is 3.08. The van der Waals surface area contributed by atoms with E-state index in [-0.39, 0.29) is 19.1 Å². The van der Waals surface area contributed by atoms with E-state index in [9.17, 15) is 14.7 Å². The molecule has 0 spiro atoms. The lowest BCUT2D eigenvalue weighted by atomic mass is 9.98. The molecule has 0 bridgehead atoms. The second kappa shape index (κ2) is 9.23. The Labute approximate surface area is 185 Å². The summed E-state index contributed by atoms with van der Waals surface area (Å²) in [6, 6.07) is 23.4. The Morgan fingerprint density at radius 2 is 1.58 bits per heavy atom. The second-order valence-electron chi connectivity index (χ2n) is 7.50. The quantitative estimate of drug-likeness (QED) is 0.552. The molecule has 4 rings (SSSR count). The lowest BCUT2D eigenvalue weighted by Crippen LogP contribution is -2.38. The average molecular weight is 436 g/mol. The van der Waals surface area contributed by atoms with Crippen molar-refractivity contribution in [3.63, 3.8) is 0 Å². The molecule has 1 amide bonds. The fourth-order valence-electron chi connectivity index (χ4n) is 4.04. The zero-order valence-corrected chi connectivity index (χ0v) is 17.6. The minimum absolute atomic E-state index is 0.0732. The van der Waals surface area contributed by atoms with Gasteiger partial charge in [-0.25, -0.2) is 4.79 Å². The molecule has 5 nitrogen and oxygen atoms in total. The first-order valence-corrected chi connectivity index (χ1v) is 10.5. The van der Waals surface area contributed by atoms with Gasteiger partial charge in [-0.1, -0.05) is 72.3 Å². The van der Waals surface area contributed by atoms with Crippen LogP contribution >= 0.6 is 11.6 Å². The van der Waals surface area contributed by atoms with E-state index < -0.39 is 18.6 Å². The molecule has 1 N–H and O–H groups in total. The molecule has 0 heterocycles. The molecule has 3 aromatic rings. The molecule has 0 aromatic heterocycles. The van der Waals surface area contributed by atoms with Crippen LogP contribution in [0.3, 0.4) is 0 Å². The van der Waals surface area contributed by atoms with Crippen LogP contribution in [0.1, 0.15) is 22.6 Å². The maximum absolute atomic E-state index is 12.8. The van der Waals surface area contributed by atoms with Crippen molar-refractivity contribution in [2.24, 2.45) is 0 Å². The minimum Gasteiger partial charge on any atom is -0.480 e. The van der Waals surface area contributed by atoms with Gasteiger partial charge in [0, 0.05) is 17.5 Å². The van der Waals surface area contributed by atoms with Crippen LogP contribution in [-0.2, 0) is 16.0 Å². The fraction of sp³-hybridized carbons (Fsp3) is 0.200. The summed E-state index contributed by atoms with van der Waals surface area (Å²) in [4.78, 5) is 25.3. The number of nitrogens with zero attached hydrogens (tertiary/aromatic N) is 1. The van der Waals surface area contributed by atoms with Crippen molar-refractivity contribution >= 4 is 23.7 Å². The van der Waals surface area contributed by atoms with Crippen molar-refractivity contribution < 1.29 is 19.4 Å². The van der Waals surface area contributed by atoms with Crippen molar-refractivity contribution in [2.45, 2.75) is 12.3 Å². The van der Waals surface area contributed by atoms with E-state index in [1.165, 1.54) is 4.90 Å². The lowest BCUT2D eigenvalue weighted by Gasteiger charge is -2.22. The largest absolute Gasteiger partial charge is 0.480 e. The minimum atomic E-state index is -1.08. The van der Waals surface area contributed by atoms with Crippen LogP contribution < -0.4 is 0 Å². The van der Waals surface area contributed by atoms with Gasteiger partial charge in [0.25, 0.3) is 0 Å². The standard InChI is InChI=1S/C25H22ClNO4/c26-18-7-5-6-17(14-18)12-13-27(15-24(28)29)25(30)31-16-23-21-10-3-1-8-19(21)20-9-2-4-11-22(20)23/h1-11,14,23H,12-13,15-16H2,(H,28,29). The number of carboxylic acid groups (broad SMARTS) is 1. The molecule has 0 atom stereocenters. The van der Waals surface area contributed by atoms with Gasteiger partial charge in [0.15, 0.2) is 0 Å². The molecule has 6 heteroatoms. The number of halogens is 1. The SMILES string of the molecule is O=C(O)CN(CCc1cccc(Cl)c1)C(=O)OCC1c2ccccc2-c2ccccc21. The number of carbonyl (C=O) groups is 2. The third-order valence-corrected chi connectivity index (χ3v) is 5.71. The van der Waals surface area contributed by atoms with Gasteiger partial charge in [-0.15, -0.1) is 0 Å². The molecule has 31 heavy (non-hydrogen) atoms. The topological polar surface area (TPSA) is 66.8 Å². The molecule has 1 aliphatic rings. The summed E-state index contributed by atoms with van der Waals surface area (Å²) in [5.74, 6) is -1.16. The van der Waals surface area contributed by atoms with E-state index in [1.54, 1.807) is 12.1 Å². The Kier molecular flexibility index (Phi) is 6.23. The van der Waals surface area contributed by atoms with Gasteiger partial charge in [-0.05, 0) is 46.4 Å². The van der Waals surface area contributed by atoms with Crippen molar-refractivity contribution in [2.75, 3.05) is 19.7 Å². The lowest BCUT2D eigenvalue weighted by molar-refractivity contribution is -0.138. The molecule has 0 saturated carbocycles. The molecular formula is C25H22ClNO4.